The zero-order valence-corrected chi connectivity index (χ0v) is 15.9. The molecule has 1 aromatic carbocycles. The topological polar surface area (TPSA) is 103 Å². The van der Waals surface area contributed by atoms with Crippen LogP contribution in [0.15, 0.2) is 35.4 Å². The van der Waals surface area contributed by atoms with Crippen LogP contribution in [0.4, 0.5) is 5.13 Å². The predicted molar refractivity (Wildman–Crippen MR) is 102 cm³/mol. The summed E-state index contributed by atoms with van der Waals surface area (Å²) in [4.78, 5) is 45.7. The maximum atomic E-state index is 12.5. The van der Waals surface area contributed by atoms with Crippen molar-refractivity contribution in [3.63, 3.8) is 0 Å². The van der Waals surface area contributed by atoms with Crippen molar-refractivity contribution < 1.29 is 14.3 Å². The molecule has 27 heavy (non-hydrogen) atoms. The Morgan fingerprint density at radius 3 is 2.74 bits per heavy atom. The molecule has 3 rings (SSSR count). The van der Waals surface area contributed by atoms with Crippen molar-refractivity contribution in [3.8, 4) is 0 Å². The summed E-state index contributed by atoms with van der Waals surface area (Å²) in [5.74, 6) is -0.936. The highest BCUT2D eigenvalue weighted by Gasteiger charge is 2.22. The number of para-hydroxylation sites is 1. The second-order valence-corrected chi connectivity index (χ2v) is 7.15. The largest absolute Gasteiger partial charge is 0.464 e. The van der Waals surface area contributed by atoms with E-state index in [4.69, 9.17) is 4.74 Å². The van der Waals surface area contributed by atoms with Crippen LogP contribution >= 0.6 is 11.3 Å². The summed E-state index contributed by atoms with van der Waals surface area (Å²) in [7, 11) is 1.28. The number of amides is 1. The van der Waals surface area contributed by atoms with Crippen LogP contribution in [0.25, 0.3) is 10.9 Å². The maximum absolute atomic E-state index is 12.5. The first-order chi connectivity index (χ1) is 12.9. The highest BCUT2D eigenvalue weighted by Crippen LogP contribution is 2.30. The smallest absolute Gasteiger partial charge is 0.357 e. The molecule has 0 atom stereocenters. The molecule has 2 heterocycles. The van der Waals surface area contributed by atoms with Gasteiger partial charge in [0.25, 0.3) is 5.56 Å². The number of fused-ring (bicyclic) bond motifs is 1. The van der Waals surface area contributed by atoms with Crippen molar-refractivity contribution >= 4 is 39.2 Å². The first kappa shape index (κ1) is 18.7. The first-order valence-electron chi connectivity index (χ1n) is 8.23. The van der Waals surface area contributed by atoms with E-state index in [9.17, 15) is 14.4 Å². The van der Waals surface area contributed by atoms with Crippen LogP contribution in [0.1, 0.15) is 35.1 Å². The number of nitrogens with one attached hydrogen (secondary N) is 1. The number of thiazole rings is 1. The van der Waals surface area contributed by atoms with E-state index >= 15 is 0 Å². The van der Waals surface area contributed by atoms with Crippen LogP contribution in [-0.4, -0.2) is 33.5 Å². The molecule has 9 heteroatoms. The van der Waals surface area contributed by atoms with Gasteiger partial charge in [-0.25, -0.2) is 14.8 Å². The average Bonchev–Trinajstić information content (AvgIpc) is 3.07. The molecule has 0 aliphatic heterocycles. The summed E-state index contributed by atoms with van der Waals surface area (Å²) >= 11 is 1.21. The Kier molecular flexibility index (Phi) is 5.31. The molecule has 1 amide bonds. The van der Waals surface area contributed by atoms with Gasteiger partial charge in [0.05, 0.1) is 24.3 Å². The zero-order chi connectivity index (χ0) is 19.6. The third-order valence-corrected chi connectivity index (χ3v) is 5.12. The number of anilines is 1. The van der Waals surface area contributed by atoms with E-state index in [0.717, 1.165) is 4.88 Å². The van der Waals surface area contributed by atoms with Gasteiger partial charge in [-0.15, -0.1) is 11.3 Å². The Morgan fingerprint density at radius 1 is 1.30 bits per heavy atom. The van der Waals surface area contributed by atoms with E-state index in [0.29, 0.717) is 10.9 Å². The van der Waals surface area contributed by atoms with Gasteiger partial charge in [-0.3, -0.25) is 14.2 Å². The van der Waals surface area contributed by atoms with Gasteiger partial charge in [0.2, 0.25) is 5.91 Å². The summed E-state index contributed by atoms with van der Waals surface area (Å²) < 4.78 is 5.97. The van der Waals surface area contributed by atoms with Crippen LogP contribution < -0.4 is 10.9 Å². The Labute approximate surface area is 158 Å². The van der Waals surface area contributed by atoms with Crippen molar-refractivity contribution in [3.05, 3.63) is 51.5 Å². The summed E-state index contributed by atoms with van der Waals surface area (Å²) in [6.07, 6.45) is 1.34. The van der Waals surface area contributed by atoms with E-state index < -0.39 is 11.9 Å². The summed E-state index contributed by atoms with van der Waals surface area (Å²) in [5.41, 5.74) is 0.466. The number of hydrogen-bond donors (Lipinski definition) is 1. The van der Waals surface area contributed by atoms with Crippen LogP contribution in [0, 0.1) is 0 Å². The van der Waals surface area contributed by atoms with Gasteiger partial charge in [-0.2, -0.15) is 0 Å². The highest BCUT2D eigenvalue weighted by molar-refractivity contribution is 7.16. The molecule has 0 fully saturated rings. The van der Waals surface area contributed by atoms with E-state index in [-0.39, 0.29) is 28.8 Å². The van der Waals surface area contributed by atoms with Gasteiger partial charge in [-0.05, 0) is 18.1 Å². The first-order valence-corrected chi connectivity index (χ1v) is 9.05. The second-order valence-electron chi connectivity index (χ2n) is 6.12. The minimum absolute atomic E-state index is 0.0505. The van der Waals surface area contributed by atoms with Crippen LogP contribution in [-0.2, 0) is 16.1 Å². The molecule has 2 aromatic heterocycles. The van der Waals surface area contributed by atoms with Crippen molar-refractivity contribution in [2.24, 2.45) is 0 Å². The Morgan fingerprint density at radius 2 is 2.04 bits per heavy atom. The Bertz CT molecular complexity index is 1070. The van der Waals surface area contributed by atoms with Crippen molar-refractivity contribution in [2.75, 3.05) is 12.4 Å². The number of esters is 1. The van der Waals surface area contributed by atoms with E-state index in [2.05, 4.69) is 15.3 Å². The molecule has 0 saturated carbocycles. The second kappa shape index (κ2) is 7.67. The normalized spacial score (nSPS) is 11.0. The van der Waals surface area contributed by atoms with E-state index in [1.54, 1.807) is 24.3 Å². The van der Waals surface area contributed by atoms with Gasteiger partial charge in [0, 0.05) is 4.88 Å². The molecule has 0 aliphatic rings. The molecular formula is C18H18N4O4S. The molecule has 8 nitrogen and oxygen atoms in total. The fourth-order valence-corrected chi connectivity index (χ4v) is 3.52. The van der Waals surface area contributed by atoms with Crippen molar-refractivity contribution in [2.45, 2.75) is 26.3 Å². The molecule has 0 spiro atoms. The van der Waals surface area contributed by atoms with Crippen molar-refractivity contribution in [1.29, 1.82) is 0 Å². The van der Waals surface area contributed by atoms with Crippen LogP contribution in [0.3, 0.4) is 0 Å². The van der Waals surface area contributed by atoms with Gasteiger partial charge in [0.15, 0.2) is 10.8 Å². The van der Waals surface area contributed by atoms with E-state index in [1.807, 2.05) is 13.8 Å². The summed E-state index contributed by atoms with van der Waals surface area (Å²) in [5, 5.41) is 3.36. The van der Waals surface area contributed by atoms with Gasteiger partial charge < -0.3 is 10.1 Å². The lowest BCUT2D eigenvalue weighted by atomic mass is 10.1. The number of methoxy groups -OCH3 is 1. The fraction of sp³-hybridized carbons (Fsp3) is 0.278. The third kappa shape index (κ3) is 3.87. The lowest BCUT2D eigenvalue weighted by molar-refractivity contribution is -0.116. The van der Waals surface area contributed by atoms with Crippen LogP contribution in [0.2, 0.25) is 0 Å². The Balaban J connectivity index is 1.81. The molecule has 3 aromatic rings. The zero-order valence-electron chi connectivity index (χ0n) is 15.1. The van der Waals surface area contributed by atoms with Gasteiger partial charge >= 0.3 is 5.97 Å². The molecule has 0 unspecified atom stereocenters. The molecule has 0 aliphatic carbocycles. The number of benzene rings is 1. The average molecular weight is 386 g/mol. The number of carbonyl (C=O) groups excluding carboxylic acids is 2. The van der Waals surface area contributed by atoms with Gasteiger partial charge in [0.1, 0.15) is 6.54 Å². The highest BCUT2D eigenvalue weighted by atomic mass is 32.1. The number of aromatic nitrogens is 3. The molecule has 0 radical (unpaired) electrons. The monoisotopic (exact) mass is 386 g/mol. The fourth-order valence-electron chi connectivity index (χ4n) is 2.55. The van der Waals surface area contributed by atoms with E-state index in [1.165, 1.54) is 29.3 Å². The van der Waals surface area contributed by atoms with Crippen LogP contribution in [0.5, 0.6) is 0 Å². The molecular weight excluding hydrogens is 368 g/mol. The standard InChI is InChI=1S/C18H18N4O4S/c1-10(2)15-14(17(25)26-3)21-18(27-15)20-13(23)8-22-9-19-12-7-5-4-6-11(12)16(22)24/h4-7,9-10H,8H2,1-3H3,(H,20,21,23). The number of rotatable bonds is 5. The molecule has 0 saturated heterocycles. The summed E-state index contributed by atoms with van der Waals surface area (Å²) in [6, 6.07) is 6.93. The number of ether oxygens (including phenoxy) is 1. The molecule has 1 N–H and O–H groups in total. The van der Waals surface area contributed by atoms with Crippen molar-refractivity contribution in [1.82, 2.24) is 14.5 Å². The SMILES string of the molecule is COC(=O)c1nc(NC(=O)Cn2cnc3ccccc3c2=O)sc1C(C)C. The minimum Gasteiger partial charge on any atom is -0.464 e. The lowest BCUT2D eigenvalue weighted by Gasteiger charge is -2.06. The molecule has 140 valence electrons. The minimum atomic E-state index is -0.551. The quantitative estimate of drug-likeness (QED) is 0.676. The maximum Gasteiger partial charge on any atom is 0.357 e. The number of hydrogen-bond acceptors (Lipinski definition) is 7. The predicted octanol–water partition coefficient (Wildman–Crippen LogP) is 2.40. The Hall–Kier alpha value is -3.07. The van der Waals surface area contributed by atoms with Gasteiger partial charge in [-0.1, -0.05) is 26.0 Å². The third-order valence-electron chi connectivity index (χ3n) is 3.85. The lowest BCUT2D eigenvalue weighted by Crippen LogP contribution is -2.27. The number of carbonyl (C=O) groups is 2. The molecule has 0 bridgehead atoms. The number of nitrogens with zero attached hydrogens (tertiary/aromatic N) is 3. The summed E-state index contributed by atoms with van der Waals surface area (Å²) in [6.45, 7) is 3.64.